The van der Waals surface area contributed by atoms with E-state index in [1.165, 1.54) is 31.5 Å². The predicted octanol–water partition coefficient (Wildman–Crippen LogP) is 0.740. The van der Waals surface area contributed by atoms with Gasteiger partial charge >= 0.3 is 0 Å². The number of hydrogen-bond acceptors (Lipinski definition) is 5. The maximum Gasteiger partial charge on any atom is 0.250 e. The predicted molar refractivity (Wildman–Crippen MR) is 114 cm³/mol. The van der Waals surface area contributed by atoms with Crippen molar-refractivity contribution in [2.45, 2.75) is 37.8 Å². The molecular weight excluding hydrogens is 380 g/mol. The van der Waals surface area contributed by atoms with Gasteiger partial charge < -0.3 is 19.5 Å². The Balaban J connectivity index is 1.18. The fraction of sp³-hybridized carbons (Fsp3) is 0.739. The summed E-state index contributed by atoms with van der Waals surface area (Å²) in [6, 6.07) is 6.25. The Morgan fingerprint density at radius 1 is 1.20 bits per heavy atom. The maximum absolute atomic E-state index is 12.3. The molecule has 30 heavy (non-hydrogen) atoms. The molecule has 6 rings (SSSR count). The van der Waals surface area contributed by atoms with E-state index in [-0.39, 0.29) is 18.1 Å². The van der Waals surface area contributed by atoms with E-state index >= 15 is 0 Å². The second-order valence-corrected chi connectivity index (χ2v) is 9.85. The smallest absolute Gasteiger partial charge is 0.250 e. The van der Waals surface area contributed by atoms with Crippen LogP contribution in [0.25, 0.3) is 0 Å². The number of nitrogens with zero attached hydrogens (tertiary/aromatic N) is 3. The number of fused-ring (bicyclic) bond motifs is 7. The molecule has 6 atom stereocenters. The maximum atomic E-state index is 12.3. The molecule has 1 unspecified atom stereocenters. The third kappa shape index (κ3) is 3.95. The first-order valence-corrected chi connectivity index (χ1v) is 11.5. The average Bonchev–Trinajstić information content (AvgIpc) is 2.74. The molecule has 7 heteroatoms. The number of rotatable bonds is 6. The number of piperidine rings is 4. The van der Waals surface area contributed by atoms with E-state index in [1.807, 2.05) is 10.6 Å². The van der Waals surface area contributed by atoms with Gasteiger partial charge in [-0.2, -0.15) is 0 Å². The van der Waals surface area contributed by atoms with Crippen LogP contribution in [-0.2, 0) is 16.1 Å². The Bertz CT molecular complexity index is 840. The highest BCUT2D eigenvalue weighted by atomic mass is 16.5. The molecule has 7 nitrogen and oxygen atoms in total. The number of carbonyl (C=O) groups is 1. The van der Waals surface area contributed by atoms with E-state index in [0.717, 1.165) is 51.1 Å². The van der Waals surface area contributed by atoms with E-state index in [2.05, 4.69) is 21.2 Å². The molecule has 5 aliphatic rings. The minimum absolute atomic E-state index is 0.0176. The average molecular weight is 415 g/mol. The molecule has 1 aromatic rings. The standard InChI is InChI=1S/C23H34N4O3/c1-30-15-22(28)24-9-20-8-17-5-6-26(20)14-19(17)13-25-10-16-7-18(12-25)21-3-2-4-23(29)27(21)11-16/h2-4,16-20H,5-15H2,1H3,(H,24,28)/t16-,17-,18-,19+,20+/m1/s1. The molecule has 1 N–H and O–H groups in total. The van der Waals surface area contributed by atoms with Gasteiger partial charge in [-0.3, -0.25) is 14.5 Å². The summed E-state index contributed by atoms with van der Waals surface area (Å²) in [6.45, 7) is 7.46. The van der Waals surface area contributed by atoms with E-state index < -0.39 is 0 Å². The zero-order valence-corrected chi connectivity index (χ0v) is 18.0. The van der Waals surface area contributed by atoms with Gasteiger partial charge in [-0.1, -0.05) is 6.07 Å². The van der Waals surface area contributed by atoms with Gasteiger partial charge in [0.2, 0.25) is 5.91 Å². The number of carbonyl (C=O) groups excluding carboxylic acids is 1. The van der Waals surface area contributed by atoms with Crippen LogP contribution in [0.3, 0.4) is 0 Å². The van der Waals surface area contributed by atoms with Crippen LogP contribution in [0.4, 0.5) is 0 Å². The van der Waals surface area contributed by atoms with Crippen LogP contribution >= 0.6 is 0 Å². The number of nitrogens with one attached hydrogen (secondary N) is 1. The van der Waals surface area contributed by atoms with Crippen molar-refractivity contribution >= 4 is 5.91 Å². The number of methoxy groups -OCH3 is 1. The lowest BCUT2D eigenvalue weighted by Crippen LogP contribution is -2.59. The molecule has 4 saturated heterocycles. The van der Waals surface area contributed by atoms with Crippen LogP contribution in [0.5, 0.6) is 0 Å². The van der Waals surface area contributed by atoms with Gasteiger partial charge in [0.05, 0.1) is 0 Å². The Labute approximate surface area is 178 Å². The van der Waals surface area contributed by atoms with Gasteiger partial charge in [-0.25, -0.2) is 0 Å². The summed E-state index contributed by atoms with van der Waals surface area (Å²) in [7, 11) is 1.56. The first-order valence-electron chi connectivity index (χ1n) is 11.5. The van der Waals surface area contributed by atoms with Crippen LogP contribution in [0.1, 0.15) is 30.9 Å². The first kappa shape index (κ1) is 20.2. The summed E-state index contributed by atoms with van der Waals surface area (Å²) in [5.41, 5.74) is 1.40. The highest BCUT2D eigenvalue weighted by Gasteiger charge is 2.42. The topological polar surface area (TPSA) is 66.8 Å². The highest BCUT2D eigenvalue weighted by Crippen LogP contribution is 2.39. The summed E-state index contributed by atoms with van der Waals surface area (Å²) in [5, 5.41) is 3.03. The van der Waals surface area contributed by atoms with Gasteiger partial charge in [-0.05, 0) is 49.6 Å². The Morgan fingerprint density at radius 3 is 2.90 bits per heavy atom. The molecule has 4 bridgehead atoms. The normalized spacial score (nSPS) is 35.1. The van der Waals surface area contributed by atoms with Crippen molar-refractivity contribution in [1.29, 1.82) is 0 Å². The summed E-state index contributed by atoms with van der Waals surface area (Å²) in [6.07, 6.45) is 3.70. The number of pyridine rings is 1. The second-order valence-electron chi connectivity index (χ2n) is 9.85. The van der Waals surface area contributed by atoms with Crippen molar-refractivity contribution in [1.82, 2.24) is 19.7 Å². The summed E-state index contributed by atoms with van der Waals surface area (Å²) >= 11 is 0. The molecule has 1 amide bonds. The number of ether oxygens (including phenoxy) is 1. The lowest BCUT2D eigenvalue weighted by atomic mass is 9.74. The van der Waals surface area contributed by atoms with Crippen molar-refractivity contribution in [3.05, 3.63) is 34.2 Å². The minimum Gasteiger partial charge on any atom is -0.375 e. The number of amides is 1. The number of likely N-dealkylation sites (tertiary alicyclic amines) is 1. The van der Waals surface area contributed by atoms with Crippen LogP contribution in [0.2, 0.25) is 0 Å². The van der Waals surface area contributed by atoms with Gasteiger partial charge in [0, 0.05) is 70.1 Å². The van der Waals surface area contributed by atoms with Crippen LogP contribution in [0.15, 0.2) is 23.0 Å². The van der Waals surface area contributed by atoms with Crippen LogP contribution in [0, 0.1) is 17.8 Å². The lowest BCUT2D eigenvalue weighted by Gasteiger charge is -2.52. The third-order valence-corrected chi connectivity index (χ3v) is 7.87. The monoisotopic (exact) mass is 414 g/mol. The lowest BCUT2D eigenvalue weighted by molar-refractivity contribution is -0.125. The van der Waals surface area contributed by atoms with Gasteiger partial charge in [0.15, 0.2) is 0 Å². The number of aromatic nitrogens is 1. The van der Waals surface area contributed by atoms with E-state index in [0.29, 0.717) is 17.9 Å². The molecule has 1 aromatic heterocycles. The highest BCUT2D eigenvalue weighted by molar-refractivity contribution is 5.77. The van der Waals surface area contributed by atoms with Gasteiger partial charge in [0.25, 0.3) is 5.56 Å². The molecule has 0 aliphatic carbocycles. The SMILES string of the molecule is COCC(=O)NC[C@@H]1C[C@H]2CCN1C[C@@H]2CN1C[C@H]2C[C@H](C1)c1cccc(=O)n1C2. The van der Waals surface area contributed by atoms with E-state index in [4.69, 9.17) is 4.74 Å². The van der Waals surface area contributed by atoms with Crippen LogP contribution in [-0.4, -0.2) is 79.3 Å². The zero-order chi connectivity index (χ0) is 20.7. The van der Waals surface area contributed by atoms with Crippen molar-refractivity contribution in [3.63, 3.8) is 0 Å². The van der Waals surface area contributed by atoms with Crippen molar-refractivity contribution < 1.29 is 9.53 Å². The minimum atomic E-state index is -0.0176. The summed E-state index contributed by atoms with van der Waals surface area (Å²) in [4.78, 5) is 29.3. The number of hydrogen-bond donors (Lipinski definition) is 1. The Hall–Kier alpha value is -1.70. The molecule has 0 saturated carbocycles. The van der Waals surface area contributed by atoms with E-state index in [9.17, 15) is 9.59 Å². The fourth-order valence-electron chi connectivity index (χ4n) is 6.56. The molecular formula is C23H34N4O3. The molecule has 5 aliphatic heterocycles. The van der Waals surface area contributed by atoms with Crippen molar-refractivity contribution in [3.8, 4) is 0 Å². The molecule has 0 aromatic carbocycles. The van der Waals surface area contributed by atoms with Crippen molar-refractivity contribution in [2.24, 2.45) is 17.8 Å². The first-order chi connectivity index (χ1) is 14.6. The Morgan fingerprint density at radius 2 is 2.10 bits per heavy atom. The fourth-order valence-corrected chi connectivity index (χ4v) is 6.56. The molecule has 4 fully saturated rings. The van der Waals surface area contributed by atoms with E-state index in [1.54, 1.807) is 13.2 Å². The Kier molecular flexibility index (Phi) is 5.69. The van der Waals surface area contributed by atoms with Crippen molar-refractivity contribution in [2.75, 3.05) is 53.0 Å². The molecule has 6 heterocycles. The van der Waals surface area contributed by atoms with Gasteiger partial charge in [-0.15, -0.1) is 0 Å². The largest absolute Gasteiger partial charge is 0.375 e. The third-order valence-electron chi connectivity index (χ3n) is 7.87. The summed E-state index contributed by atoms with van der Waals surface area (Å²) in [5.74, 6) is 2.56. The molecule has 164 valence electrons. The molecule has 0 spiro atoms. The van der Waals surface area contributed by atoms with Gasteiger partial charge in [0.1, 0.15) is 6.61 Å². The molecule has 0 radical (unpaired) electrons. The summed E-state index contributed by atoms with van der Waals surface area (Å²) < 4.78 is 6.94. The van der Waals surface area contributed by atoms with Crippen LogP contribution < -0.4 is 10.9 Å². The zero-order valence-electron chi connectivity index (χ0n) is 18.0. The second kappa shape index (κ2) is 8.44. The quantitative estimate of drug-likeness (QED) is 0.744.